The van der Waals surface area contributed by atoms with Crippen molar-refractivity contribution in [2.75, 3.05) is 0 Å². The van der Waals surface area contributed by atoms with Crippen LogP contribution in [0.1, 0.15) is 16.7 Å². The van der Waals surface area contributed by atoms with E-state index in [0.29, 0.717) is 17.1 Å². The molecule has 90 valence electrons. The first-order valence-corrected chi connectivity index (χ1v) is 5.62. The lowest BCUT2D eigenvalue weighted by Crippen LogP contribution is -1.92. The van der Waals surface area contributed by atoms with Crippen molar-refractivity contribution in [1.82, 2.24) is 0 Å². The van der Waals surface area contributed by atoms with E-state index in [1.165, 1.54) is 0 Å². The van der Waals surface area contributed by atoms with E-state index >= 15 is 0 Å². The first-order chi connectivity index (χ1) is 8.74. The van der Waals surface area contributed by atoms with Crippen LogP contribution in [0.5, 0.6) is 11.5 Å². The van der Waals surface area contributed by atoms with Crippen molar-refractivity contribution in [3.63, 3.8) is 0 Å². The Balaban J connectivity index is 2.32. The summed E-state index contributed by atoms with van der Waals surface area (Å²) in [6.45, 7) is 1.92. The SMILES string of the molecule is Cc1cc(CO)ccc1Oc1ccccc1C#N. The molecule has 0 aromatic heterocycles. The molecule has 0 unspecified atom stereocenters. The third-order valence-electron chi connectivity index (χ3n) is 2.65. The van der Waals surface area contributed by atoms with Crippen LogP contribution in [0.2, 0.25) is 0 Å². The van der Waals surface area contributed by atoms with Crippen LogP contribution in [0.15, 0.2) is 42.5 Å². The van der Waals surface area contributed by atoms with Gasteiger partial charge in [-0.05, 0) is 36.2 Å². The summed E-state index contributed by atoms with van der Waals surface area (Å²) in [4.78, 5) is 0. The number of hydrogen-bond donors (Lipinski definition) is 1. The Labute approximate surface area is 106 Å². The third-order valence-corrected chi connectivity index (χ3v) is 2.65. The zero-order valence-corrected chi connectivity index (χ0v) is 10.1. The summed E-state index contributed by atoms with van der Waals surface area (Å²) < 4.78 is 5.73. The highest BCUT2D eigenvalue weighted by atomic mass is 16.5. The van der Waals surface area contributed by atoms with E-state index in [1.807, 2.05) is 19.1 Å². The number of nitrogens with zero attached hydrogens (tertiary/aromatic N) is 1. The van der Waals surface area contributed by atoms with Crippen molar-refractivity contribution < 1.29 is 9.84 Å². The first-order valence-electron chi connectivity index (χ1n) is 5.62. The monoisotopic (exact) mass is 239 g/mol. The van der Waals surface area contributed by atoms with Gasteiger partial charge in [-0.3, -0.25) is 0 Å². The molecular formula is C15H13NO2. The topological polar surface area (TPSA) is 53.2 Å². The second-order valence-electron chi connectivity index (χ2n) is 3.97. The molecule has 0 heterocycles. The lowest BCUT2D eigenvalue weighted by molar-refractivity contribution is 0.281. The molecule has 0 atom stereocenters. The molecule has 0 spiro atoms. The second-order valence-corrected chi connectivity index (χ2v) is 3.97. The lowest BCUT2D eigenvalue weighted by atomic mass is 10.1. The molecule has 0 bridgehead atoms. The molecule has 1 N–H and O–H groups in total. The highest BCUT2D eigenvalue weighted by molar-refractivity contribution is 5.46. The summed E-state index contributed by atoms with van der Waals surface area (Å²) >= 11 is 0. The van der Waals surface area contributed by atoms with E-state index < -0.39 is 0 Å². The van der Waals surface area contributed by atoms with Gasteiger partial charge in [0.25, 0.3) is 0 Å². The fourth-order valence-electron chi connectivity index (χ4n) is 1.69. The van der Waals surface area contributed by atoms with Gasteiger partial charge in [-0.25, -0.2) is 0 Å². The molecule has 2 aromatic rings. The van der Waals surface area contributed by atoms with Crippen LogP contribution in [-0.2, 0) is 6.61 Å². The zero-order chi connectivity index (χ0) is 13.0. The Morgan fingerprint density at radius 3 is 2.61 bits per heavy atom. The lowest BCUT2D eigenvalue weighted by Gasteiger charge is -2.10. The molecular weight excluding hydrogens is 226 g/mol. The fourth-order valence-corrected chi connectivity index (χ4v) is 1.69. The van der Waals surface area contributed by atoms with Gasteiger partial charge in [0.2, 0.25) is 0 Å². The average Bonchev–Trinajstić information content (AvgIpc) is 2.41. The number of aliphatic hydroxyl groups excluding tert-OH is 1. The minimum absolute atomic E-state index is 0.00982. The molecule has 0 amide bonds. The number of para-hydroxylation sites is 1. The van der Waals surface area contributed by atoms with Gasteiger partial charge >= 0.3 is 0 Å². The summed E-state index contributed by atoms with van der Waals surface area (Å²) in [5, 5.41) is 18.0. The van der Waals surface area contributed by atoms with Crippen LogP contribution in [0.25, 0.3) is 0 Å². The molecule has 0 fully saturated rings. The molecule has 0 radical (unpaired) electrons. The molecule has 2 rings (SSSR count). The Morgan fingerprint density at radius 2 is 1.94 bits per heavy atom. The number of aryl methyl sites for hydroxylation is 1. The predicted octanol–water partition coefficient (Wildman–Crippen LogP) is 3.15. The maximum Gasteiger partial charge on any atom is 0.145 e. The van der Waals surface area contributed by atoms with Gasteiger partial charge in [-0.1, -0.05) is 24.3 Å². The standard InChI is InChI=1S/C15H13NO2/c1-11-8-12(10-17)6-7-14(11)18-15-5-3-2-4-13(15)9-16/h2-8,17H,10H2,1H3. The molecule has 2 aromatic carbocycles. The van der Waals surface area contributed by atoms with Crippen LogP contribution in [0, 0.1) is 18.3 Å². The normalized spacial score (nSPS) is 9.83. The highest BCUT2D eigenvalue weighted by Gasteiger charge is 2.06. The average molecular weight is 239 g/mol. The number of rotatable bonds is 3. The zero-order valence-electron chi connectivity index (χ0n) is 10.1. The minimum Gasteiger partial charge on any atom is -0.456 e. The maximum absolute atomic E-state index is 9.04. The van der Waals surface area contributed by atoms with Crippen molar-refractivity contribution in [2.45, 2.75) is 13.5 Å². The maximum atomic E-state index is 9.04. The Kier molecular flexibility index (Phi) is 3.61. The van der Waals surface area contributed by atoms with Crippen LogP contribution in [0.4, 0.5) is 0 Å². The smallest absolute Gasteiger partial charge is 0.145 e. The Morgan fingerprint density at radius 1 is 1.17 bits per heavy atom. The number of hydrogen-bond acceptors (Lipinski definition) is 3. The van der Waals surface area contributed by atoms with Gasteiger partial charge in [0, 0.05) is 0 Å². The van der Waals surface area contributed by atoms with Gasteiger partial charge < -0.3 is 9.84 Å². The van der Waals surface area contributed by atoms with Crippen LogP contribution in [0.3, 0.4) is 0 Å². The molecule has 0 saturated heterocycles. The van der Waals surface area contributed by atoms with E-state index in [1.54, 1.807) is 30.3 Å². The molecule has 0 aliphatic heterocycles. The minimum atomic E-state index is 0.00982. The summed E-state index contributed by atoms with van der Waals surface area (Å²) in [6, 6.07) is 14.7. The van der Waals surface area contributed by atoms with E-state index in [2.05, 4.69) is 6.07 Å². The van der Waals surface area contributed by atoms with Crippen LogP contribution < -0.4 is 4.74 Å². The van der Waals surface area contributed by atoms with E-state index in [-0.39, 0.29) is 6.61 Å². The second kappa shape index (κ2) is 5.35. The quantitative estimate of drug-likeness (QED) is 0.895. The van der Waals surface area contributed by atoms with Crippen molar-refractivity contribution in [2.24, 2.45) is 0 Å². The summed E-state index contributed by atoms with van der Waals surface area (Å²) in [6.07, 6.45) is 0. The van der Waals surface area contributed by atoms with Gasteiger partial charge in [0.1, 0.15) is 17.6 Å². The summed E-state index contributed by atoms with van der Waals surface area (Å²) in [5.74, 6) is 1.23. The largest absolute Gasteiger partial charge is 0.456 e. The van der Waals surface area contributed by atoms with Crippen LogP contribution in [-0.4, -0.2) is 5.11 Å². The van der Waals surface area contributed by atoms with E-state index in [4.69, 9.17) is 15.1 Å². The molecule has 3 heteroatoms. The predicted molar refractivity (Wildman–Crippen MR) is 68.3 cm³/mol. The van der Waals surface area contributed by atoms with Crippen molar-refractivity contribution in [3.8, 4) is 17.6 Å². The molecule has 0 aliphatic carbocycles. The van der Waals surface area contributed by atoms with Crippen molar-refractivity contribution in [3.05, 3.63) is 59.2 Å². The number of ether oxygens (including phenoxy) is 1. The van der Waals surface area contributed by atoms with Crippen LogP contribution >= 0.6 is 0 Å². The van der Waals surface area contributed by atoms with Gasteiger partial charge in [0.15, 0.2) is 0 Å². The number of nitriles is 1. The molecule has 18 heavy (non-hydrogen) atoms. The number of aliphatic hydroxyl groups is 1. The Hall–Kier alpha value is -2.31. The first kappa shape index (κ1) is 12.2. The Bertz CT molecular complexity index is 600. The highest BCUT2D eigenvalue weighted by Crippen LogP contribution is 2.28. The third kappa shape index (κ3) is 2.50. The van der Waals surface area contributed by atoms with Gasteiger partial charge in [-0.2, -0.15) is 5.26 Å². The molecule has 0 saturated carbocycles. The van der Waals surface area contributed by atoms with Gasteiger partial charge in [0.05, 0.1) is 12.2 Å². The summed E-state index contributed by atoms with van der Waals surface area (Å²) in [7, 11) is 0. The van der Waals surface area contributed by atoms with E-state index in [9.17, 15) is 0 Å². The number of benzene rings is 2. The molecule has 0 aliphatic rings. The van der Waals surface area contributed by atoms with E-state index in [0.717, 1.165) is 11.1 Å². The van der Waals surface area contributed by atoms with Crippen molar-refractivity contribution in [1.29, 1.82) is 5.26 Å². The van der Waals surface area contributed by atoms with Crippen molar-refractivity contribution >= 4 is 0 Å². The summed E-state index contributed by atoms with van der Waals surface area (Å²) in [5.41, 5.74) is 2.27. The molecule has 3 nitrogen and oxygen atoms in total. The fraction of sp³-hybridized carbons (Fsp3) is 0.133. The van der Waals surface area contributed by atoms with Gasteiger partial charge in [-0.15, -0.1) is 0 Å².